The molecule has 0 spiro atoms. The summed E-state index contributed by atoms with van der Waals surface area (Å²) in [6.45, 7) is 3.92. The van der Waals surface area contributed by atoms with E-state index in [1.54, 1.807) is 0 Å². The van der Waals surface area contributed by atoms with Gasteiger partial charge in [0.2, 0.25) is 0 Å². The van der Waals surface area contributed by atoms with Gasteiger partial charge in [0.25, 0.3) is 0 Å². The number of aliphatic carboxylic acids is 1. The minimum atomic E-state index is -2.61. The Morgan fingerprint density at radius 1 is 1.13 bits per heavy atom. The van der Waals surface area contributed by atoms with Gasteiger partial charge >= 0.3 is 5.97 Å². The van der Waals surface area contributed by atoms with Crippen molar-refractivity contribution in [1.82, 2.24) is 0 Å². The fourth-order valence-corrected chi connectivity index (χ4v) is 8.81. The maximum atomic E-state index is 12.0. The highest BCUT2D eigenvalue weighted by atomic mass is 16.4. The highest BCUT2D eigenvalue weighted by molar-refractivity contribution is 5.66. The summed E-state index contributed by atoms with van der Waals surface area (Å²) in [5, 5.41) is 31.7. The van der Waals surface area contributed by atoms with E-state index in [1.807, 2.05) is 0 Å². The van der Waals surface area contributed by atoms with E-state index < -0.39 is 43.2 Å². The summed E-state index contributed by atoms with van der Waals surface area (Å²) in [6, 6.07) is 0. The molecular weight excluding hydrogens is 376 g/mol. The first-order chi connectivity index (χ1) is 16.0. The van der Waals surface area contributed by atoms with Crippen LogP contribution in [-0.2, 0) is 4.79 Å². The van der Waals surface area contributed by atoms with E-state index in [9.17, 15) is 21.5 Å². The lowest BCUT2D eigenvalue weighted by molar-refractivity contribution is -0.203. The lowest BCUT2D eigenvalue weighted by Crippen LogP contribution is -2.62. The third-order valence-electron chi connectivity index (χ3n) is 10.4. The minimum absolute atomic E-state index is 0.0388. The molecule has 0 aliphatic heterocycles. The Labute approximate surface area is 189 Å². The molecule has 4 heteroatoms. The molecule has 0 aromatic rings. The molecule has 4 rings (SSSR count). The normalized spacial score (nSPS) is 57.9. The molecule has 4 aliphatic rings. The smallest absolute Gasteiger partial charge is 0.303 e. The maximum absolute atomic E-state index is 12.0. The van der Waals surface area contributed by atoms with Crippen LogP contribution in [0.4, 0.5) is 0 Å². The minimum Gasteiger partial charge on any atom is -0.481 e. The van der Waals surface area contributed by atoms with Crippen LogP contribution in [0.15, 0.2) is 0 Å². The van der Waals surface area contributed by atoms with Gasteiger partial charge in [0.15, 0.2) is 0 Å². The molecule has 30 heavy (non-hydrogen) atoms. The average Bonchev–Trinajstić information content (AvgIpc) is 3.09. The SMILES string of the molecule is [2H]C([C@@H]1[C@@H]2C[C@H](O)CC[C@]2(C)C2CC[C@@]3(C)C(CC[C@@H]3[C@H](C)CCC(=O)O)C2C1([2H])O)C([2H])([2H])[2H]. The van der Waals surface area contributed by atoms with Gasteiger partial charge in [-0.1, -0.05) is 34.0 Å². The van der Waals surface area contributed by atoms with Crippen molar-refractivity contribution in [3.63, 3.8) is 0 Å². The molecule has 3 N–H and O–H groups in total. The summed E-state index contributed by atoms with van der Waals surface area (Å²) in [4.78, 5) is 11.2. The third kappa shape index (κ3) is 3.36. The second-order valence-corrected chi connectivity index (χ2v) is 11.5. The van der Waals surface area contributed by atoms with Crippen molar-refractivity contribution in [2.24, 2.45) is 52.3 Å². The van der Waals surface area contributed by atoms with Gasteiger partial charge < -0.3 is 15.3 Å². The predicted octanol–water partition coefficient (Wildman–Crippen LogP) is 5.11. The van der Waals surface area contributed by atoms with Crippen molar-refractivity contribution < 1.29 is 27.0 Å². The van der Waals surface area contributed by atoms with Crippen LogP contribution in [0, 0.1) is 52.3 Å². The molecule has 0 amide bonds. The second kappa shape index (κ2) is 8.06. The standard InChI is InChI=1S/C26H44O4/c1-5-17-21-14-16(27)10-12-26(21,4)20-11-13-25(3)18(15(2)6-9-22(28)29)7-8-19(25)23(20)24(17)30/h15-21,23-24,27,30H,5-14H2,1-4H3,(H,28,29)/t15-,16-,17-,18-,19?,20?,21+,23?,24?,25-,26-/m1/s1/i1D3,5D,24D/t5?,15-,16-,17-,18-,19?,20?,21+,23?,24?,25-,26-. The number of aliphatic hydroxyl groups excluding tert-OH is 1. The molecule has 0 aromatic heterocycles. The van der Waals surface area contributed by atoms with Crippen molar-refractivity contribution in [2.75, 3.05) is 0 Å². The zero-order valence-corrected chi connectivity index (χ0v) is 18.8. The number of carboxylic acid groups (broad SMARTS) is 1. The molecule has 0 aromatic carbocycles. The maximum Gasteiger partial charge on any atom is 0.303 e. The monoisotopic (exact) mass is 425 g/mol. The van der Waals surface area contributed by atoms with Gasteiger partial charge in [-0.25, -0.2) is 0 Å². The van der Waals surface area contributed by atoms with Crippen molar-refractivity contribution >= 4 is 5.97 Å². The van der Waals surface area contributed by atoms with Crippen LogP contribution in [0.5, 0.6) is 0 Å². The first-order valence-corrected chi connectivity index (χ1v) is 12.1. The van der Waals surface area contributed by atoms with Crippen LogP contribution in [0.1, 0.15) is 98.7 Å². The number of carboxylic acids is 1. The third-order valence-corrected chi connectivity index (χ3v) is 10.4. The number of rotatable bonds is 5. The summed E-state index contributed by atoms with van der Waals surface area (Å²) in [6.07, 6.45) is 1.77. The summed E-state index contributed by atoms with van der Waals surface area (Å²) in [5.74, 6) is -2.04. The quantitative estimate of drug-likeness (QED) is 0.572. The molecule has 0 radical (unpaired) electrons. The summed E-state index contributed by atoms with van der Waals surface area (Å²) >= 11 is 0. The summed E-state index contributed by atoms with van der Waals surface area (Å²) in [5.41, 5.74) is -0.464. The topological polar surface area (TPSA) is 77.8 Å². The van der Waals surface area contributed by atoms with E-state index in [1.165, 1.54) is 0 Å². The van der Waals surface area contributed by atoms with Gasteiger partial charge in [0.05, 0.1) is 13.6 Å². The van der Waals surface area contributed by atoms with Crippen molar-refractivity contribution in [3.05, 3.63) is 0 Å². The molecule has 12 atom stereocenters. The van der Waals surface area contributed by atoms with Crippen LogP contribution >= 0.6 is 0 Å². The summed E-state index contributed by atoms with van der Waals surface area (Å²) < 4.78 is 42.1. The molecule has 0 heterocycles. The van der Waals surface area contributed by atoms with Crippen LogP contribution in [0.2, 0.25) is 0 Å². The van der Waals surface area contributed by atoms with E-state index in [0.717, 1.165) is 32.1 Å². The largest absolute Gasteiger partial charge is 0.481 e. The Morgan fingerprint density at radius 2 is 1.83 bits per heavy atom. The molecule has 5 unspecified atom stereocenters. The fraction of sp³-hybridized carbons (Fsp3) is 0.962. The van der Waals surface area contributed by atoms with Crippen LogP contribution in [-0.4, -0.2) is 33.5 Å². The Kier molecular flexibility index (Phi) is 4.56. The van der Waals surface area contributed by atoms with E-state index in [-0.39, 0.29) is 40.9 Å². The van der Waals surface area contributed by atoms with Crippen molar-refractivity contribution in [2.45, 2.75) is 104 Å². The lowest BCUT2D eigenvalue weighted by atomic mass is 9.41. The Balaban J connectivity index is 1.74. The van der Waals surface area contributed by atoms with E-state index >= 15 is 0 Å². The van der Waals surface area contributed by atoms with Crippen molar-refractivity contribution in [3.8, 4) is 0 Å². The highest BCUT2D eigenvalue weighted by Crippen LogP contribution is 2.69. The first kappa shape index (κ1) is 16.9. The number of hydrogen-bond acceptors (Lipinski definition) is 3. The highest BCUT2D eigenvalue weighted by Gasteiger charge is 2.64. The zero-order chi connectivity index (χ0) is 26.1. The Hall–Kier alpha value is -0.610. The zero-order valence-electron chi connectivity index (χ0n) is 23.8. The van der Waals surface area contributed by atoms with Crippen LogP contribution in [0.25, 0.3) is 0 Å². The van der Waals surface area contributed by atoms with Crippen molar-refractivity contribution in [1.29, 1.82) is 0 Å². The van der Waals surface area contributed by atoms with E-state index in [4.69, 9.17) is 5.48 Å². The van der Waals surface area contributed by atoms with Crippen LogP contribution < -0.4 is 0 Å². The van der Waals surface area contributed by atoms with Gasteiger partial charge in [-0.05, 0) is 104 Å². The van der Waals surface area contributed by atoms with Gasteiger partial charge in [-0.2, -0.15) is 0 Å². The first-order valence-electron chi connectivity index (χ1n) is 14.7. The molecular formula is C26H44O4. The number of fused-ring (bicyclic) bond motifs is 5. The van der Waals surface area contributed by atoms with Gasteiger partial charge in [0, 0.05) is 11.9 Å². The fourth-order valence-electron chi connectivity index (χ4n) is 8.81. The molecule has 0 bridgehead atoms. The Morgan fingerprint density at radius 3 is 2.53 bits per heavy atom. The van der Waals surface area contributed by atoms with Gasteiger partial charge in [0.1, 0.15) is 0 Å². The van der Waals surface area contributed by atoms with Gasteiger partial charge in [-0.3, -0.25) is 4.79 Å². The number of carbonyl (C=O) groups is 1. The van der Waals surface area contributed by atoms with E-state index in [2.05, 4.69) is 20.8 Å². The number of hydrogen-bond donors (Lipinski definition) is 3. The second-order valence-electron chi connectivity index (χ2n) is 11.5. The predicted molar refractivity (Wildman–Crippen MR) is 118 cm³/mol. The van der Waals surface area contributed by atoms with E-state index in [0.29, 0.717) is 25.2 Å². The molecule has 4 aliphatic carbocycles. The average molecular weight is 426 g/mol. The molecule has 172 valence electrons. The summed E-state index contributed by atoms with van der Waals surface area (Å²) in [7, 11) is 0. The molecule has 4 fully saturated rings. The lowest BCUT2D eigenvalue weighted by Gasteiger charge is -2.64. The Bertz CT molecular complexity index is 818. The van der Waals surface area contributed by atoms with Gasteiger partial charge in [-0.15, -0.1) is 0 Å². The molecule has 4 nitrogen and oxygen atoms in total. The molecule has 0 saturated heterocycles. The van der Waals surface area contributed by atoms with Crippen LogP contribution in [0.3, 0.4) is 0 Å². The molecule has 4 saturated carbocycles. The number of aliphatic hydroxyl groups is 2.